The van der Waals surface area contributed by atoms with Crippen molar-refractivity contribution in [2.75, 3.05) is 20.6 Å². The summed E-state index contributed by atoms with van der Waals surface area (Å²) in [4.78, 5) is 23.6. The molecular formula is C9H18N2O2. The first-order valence-corrected chi connectivity index (χ1v) is 4.56. The molecule has 0 heterocycles. The summed E-state index contributed by atoms with van der Waals surface area (Å²) < 4.78 is 0. The summed E-state index contributed by atoms with van der Waals surface area (Å²) in [6.07, 6.45) is 2.42. The zero-order valence-electron chi connectivity index (χ0n) is 8.59. The molecule has 0 aliphatic carbocycles. The second-order valence-corrected chi connectivity index (χ2v) is 3.03. The monoisotopic (exact) mass is 186 g/mol. The number of hydrogen-bond donors (Lipinski definition) is 1. The Morgan fingerprint density at radius 1 is 1.38 bits per heavy atom. The minimum absolute atomic E-state index is 0.0328. The molecule has 0 saturated heterocycles. The van der Waals surface area contributed by atoms with Gasteiger partial charge in [-0.05, 0) is 6.42 Å². The highest BCUT2D eigenvalue weighted by Gasteiger charge is 2.10. The van der Waals surface area contributed by atoms with Gasteiger partial charge in [0, 0.05) is 20.5 Å². The van der Waals surface area contributed by atoms with Gasteiger partial charge in [0.15, 0.2) is 0 Å². The Balaban J connectivity index is 3.75. The molecule has 0 saturated carbocycles. The first kappa shape index (κ1) is 11.9. The fourth-order valence-corrected chi connectivity index (χ4v) is 0.902. The molecule has 4 heteroatoms. The molecule has 0 spiro atoms. The van der Waals surface area contributed by atoms with Crippen LogP contribution in [0, 0.1) is 0 Å². The molecule has 4 nitrogen and oxygen atoms in total. The van der Waals surface area contributed by atoms with E-state index in [2.05, 4.69) is 5.32 Å². The number of rotatable bonds is 5. The highest BCUT2D eigenvalue weighted by Crippen LogP contribution is 1.97. The first-order valence-electron chi connectivity index (χ1n) is 4.56. The van der Waals surface area contributed by atoms with E-state index in [1.165, 1.54) is 4.90 Å². The third-order valence-corrected chi connectivity index (χ3v) is 1.83. The Kier molecular flexibility index (Phi) is 5.93. The van der Waals surface area contributed by atoms with Crippen molar-refractivity contribution in [2.24, 2.45) is 0 Å². The molecule has 0 aliphatic rings. The van der Waals surface area contributed by atoms with Gasteiger partial charge >= 0.3 is 0 Å². The normalized spacial score (nSPS) is 9.46. The molecule has 0 radical (unpaired) electrons. The maximum atomic E-state index is 11.3. The minimum Gasteiger partial charge on any atom is -0.358 e. The maximum absolute atomic E-state index is 11.3. The van der Waals surface area contributed by atoms with Crippen molar-refractivity contribution in [1.29, 1.82) is 0 Å². The van der Waals surface area contributed by atoms with Gasteiger partial charge < -0.3 is 10.2 Å². The average molecular weight is 186 g/mol. The lowest BCUT2D eigenvalue weighted by molar-refractivity contribution is -0.134. The van der Waals surface area contributed by atoms with Gasteiger partial charge in [0.1, 0.15) is 0 Å². The zero-order valence-corrected chi connectivity index (χ0v) is 8.59. The highest BCUT2D eigenvalue weighted by atomic mass is 16.2. The number of hydrogen-bond acceptors (Lipinski definition) is 2. The molecule has 0 aromatic rings. The van der Waals surface area contributed by atoms with Gasteiger partial charge in [0.25, 0.3) is 0 Å². The van der Waals surface area contributed by atoms with E-state index in [-0.39, 0.29) is 18.4 Å². The SMILES string of the molecule is CCCCC(=O)N(C)CC(=O)NC. The molecule has 1 N–H and O–H groups in total. The van der Waals surface area contributed by atoms with Gasteiger partial charge in [0.2, 0.25) is 11.8 Å². The van der Waals surface area contributed by atoms with E-state index in [0.717, 1.165) is 12.8 Å². The minimum atomic E-state index is -0.132. The maximum Gasteiger partial charge on any atom is 0.239 e. The van der Waals surface area contributed by atoms with E-state index < -0.39 is 0 Å². The highest BCUT2D eigenvalue weighted by molar-refractivity contribution is 5.84. The van der Waals surface area contributed by atoms with Gasteiger partial charge in [-0.15, -0.1) is 0 Å². The van der Waals surface area contributed by atoms with Gasteiger partial charge in [-0.25, -0.2) is 0 Å². The molecule has 13 heavy (non-hydrogen) atoms. The van der Waals surface area contributed by atoms with Crippen LogP contribution in [-0.2, 0) is 9.59 Å². The predicted octanol–water partition coefficient (Wildman–Crippen LogP) is 0.381. The van der Waals surface area contributed by atoms with Crippen LogP contribution in [0.15, 0.2) is 0 Å². The number of carbonyl (C=O) groups is 2. The number of likely N-dealkylation sites (N-methyl/N-ethyl adjacent to an activating group) is 2. The Hall–Kier alpha value is -1.06. The second kappa shape index (κ2) is 6.46. The summed E-state index contributed by atoms with van der Waals surface area (Å²) in [7, 11) is 3.21. The Morgan fingerprint density at radius 2 is 2.00 bits per heavy atom. The molecule has 0 aromatic heterocycles. The van der Waals surface area contributed by atoms with Crippen LogP contribution < -0.4 is 5.32 Å². The van der Waals surface area contributed by atoms with E-state index in [1.54, 1.807) is 14.1 Å². The number of carbonyl (C=O) groups excluding carboxylic acids is 2. The topological polar surface area (TPSA) is 49.4 Å². The standard InChI is InChI=1S/C9H18N2O2/c1-4-5-6-9(13)11(3)7-8(12)10-2/h4-7H2,1-3H3,(H,10,12). The zero-order chi connectivity index (χ0) is 10.3. The summed E-state index contributed by atoms with van der Waals surface area (Å²) in [5.74, 6) is -0.0993. The number of amides is 2. The van der Waals surface area contributed by atoms with Gasteiger partial charge in [0.05, 0.1) is 6.54 Å². The van der Waals surface area contributed by atoms with Crippen molar-refractivity contribution in [1.82, 2.24) is 10.2 Å². The van der Waals surface area contributed by atoms with E-state index in [9.17, 15) is 9.59 Å². The Labute approximate surface area is 79.3 Å². The van der Waals surface area contributed by atoms with Crippen LogP contribution in [0.1, 0.15) is 26.2 Å². The predicted molar refractivity (Wildman–Crippen MR) is 51.2 cm³/mol. The molecule has 0 atom stereocenters. The van der Waals surface area contributed by atoms with E-state index in [4.69, 9.17) is 0 Å². The molecule has 76 valence electrons. The molecule has 0 bridgehead atoms. The molecule has 0 aromatic carbocycles. The lowest BCUT2D eigenvalue weighted by Crippen LogP contribution is -2.36. The van der Waals surface area contributed by atoms with Gasteiger partial charge in [-0.1, -0.05) is 13.3 Å². The summed E-state index contributed by atoms with van der Waals surface area (Å²) >= 11 is 0. The van der Waals surface area contributed by atoms with Gasteiger partial charge in [-0.3, -0.25) is 9.59 Å². The van der Waals surface area contributed by atoms with Crippen molar-refractivity contribution in [3.8, 4) is 0 Å². The Morgan fingerprint density at radius 3 is 2.46 bits per heavy atom. The smallest absolute Gasteiger partial charge is 0.239 e. The molecule has 0 fully saturated rings. The van der Waals surface area contributed by atoms with Gasteiger partial charge in [-0.2, -0.15) is 0 Å². The number of nitrogens with one attached hydrogen (secondary N) is 1. The summed E-state index contributed by atoms with van der Waals surface area (Å²) in [6.45, 7) is 2.19. The van der Waals surface area contributed by atoms with Crippen LogP contribution in [-0.4, -0.2) is 37.4 Å². The van der Waals surface area contributed by atoms with Crippen LogP contribution in [0.25, 0.3) is 0 Å². The van der Waals surface area contributed by atoms with Crippen molar-refractivity contribution in [3.63, 3.8) is 0 Å². The van der Waals surface area contributed by atoms with E-state index in [1.807, 2.05) is 6.92 Å². The second-order valence-electron chi connectivity index (χ2n) is 3.03. The first-order chi connectivity index (χ1) is 6.11. The third kappa shape index (κ3) is 5.22. The fraction of sp³-hybridized carbons (Fsp3) is 0.778. The van der Waals surface area contributed by atoms with E-state index in [0.29, 0.717) is 6.42 Å². The van der Waals surface area contributed by atoms with Crippen LogP contribution >= 0.6 is 0 Å². The largest absolute Gasteiger partial charge is 0.358 e. The van der Waals surface area contributed by atoms with Crippen LogP contribution in [0.4, 0.5) is 0 Å². The number of nitrogens with zero attached hydrogens (tertiary/aromatic N) is 1. The van der Waals surface area contributed by atoms with Crippen molar-refractivity contribution < 1.29 is 9.59 Å². The van der Waals surface area contributed by atoms with Crippen LogP contribution in [0.5, 0.6) is 0 Å². The fourth-order valence-electron chi connectivity index (χ4n) is 0.902. The molecular weight excluding hydrogens is 168 g/mol. The van der Waals surface area contributed by atoms with E-state index >= 15 is 0 Å². The molecule has 0 unspecified atom stereocenters. The average Bonchev–Trinajstić information content (AvgIpc) is 2.13. The lowest BCUT2D eigenvalue weighted by Gasteiger charge is -2.15. The number of unbranched alkanes of at least 4 members (excludes halogenated alkanes) is 1. The van der Waals surface area contributed by atoms with Crippen molar-refractivity contribution in [3.05, 3.63) is 0 Å². The lowest BCUT2D eigenvalue weighted by atomic mass is 10.2. The third-order valence-electron chi connectivity index (χ3n) is 1.83. The Bertz CT molecular complexity index is 180. The summed E-state index contributed by atoms with van der Waals surface area (Å²) in [6, 6.07) is 0. The molecule has 0 aliphatic heterocycles. The van der Waals surface area contributed by atoms with Crippen LogP contribution in [0.3, 0.4) is 0 Å². The molecule has 2 amide bonds. The van der Waals surface area contributed by atoms with Crippen molar-refractivity contribution >= 4 is 11.8 Å². The summed E-state index contributed by atoms with van der Waals surface area (Å²) in [5, 5.41) is 2.47. The van der Waals surface area contributed by atoms with Crippen molar-refractivity contribution in [2.45, 2.75) is 26.2 Å². The quantitative estimate of drug-likeness (QED) is 0.675. The summed E-state index contributed by atoms with van der Waals surface area (Å²) in [5.41, 5.74) is 0. The van der Waals surface area contributed by atoms with Crippen LogP contribution in [0.2, 0.25) is 0 Å². The molecule has 0 rings (SSSR count).